The molecule has 0 aliphatic carbocycles. The van der Waals surface area contributed by atoms with Gasteiger partial charge in [-0.15, -0.1) is 0 Å². The molecule has 1 aromatic rings. The first kappa shape index (κ1) is 17.0. The van der Waals surface area contributed by atoms with Crippen molar-refractivity contribution < 1.29 is 4.92 Å². The number of nitro groups is 1. The fraction of sp³-hybridized carbons (Fsp3) is 0.714. The van der Waals surface area contributed by atoms with E-state index in [1.807, 2.05) is 32.6 Å². The third kappa shape index (κ3) is 3.94. The lowest BCUT2D eigenvalue weighted by Crippen LogP contribution is -2.30. The van der Waals surface area contributed by atoms with Crippen LogP contribution in [0.25, 0.3) is 0 Å². The van der Waals surface area contributed by atoms with Crippen molar-refractivity contribution in [1.82, 2.24) is 9.78 Å². The Morgan fingerprint density at radius 3 is 2.48 bits per heavy atom. The van der Waals surface area contributed by atoms with Gasteiger partial charge in [-0.3, -0.25) is 10.1 Å². The van der Waals surface area contributed by atoms with E-state index in [0.29, 0.717) is 36.9 Å². The second-order valence-corrected chi connectivity index (χ2v) is 5.84. The largest absolute Gasteiger partial charge is 0.350 e. The zero-order valence-corrected chi connectivity index (χ0v) is 13.3. The first-order valence-corrected chi connectivity index (χ1v) is 7.12. The summed E-state index contributed by atoms with van der Waals surface area (Å²) in [5, 5.41) is 24.6. The standard InChI is InChI=1S/C14H23N5O2/c1-10(2)9-18(8-6-7-15)14-13(19(20)21)12(11(3)4)16-17(14)5/h10-11H,6,8-9H2,1-5H3. The van der Waals surface area contributed by atoms with Crippen LogP contribution in [0.2, 0.25) is 0 Å². The maximum Gasteiger partial charge on any atom is 0.334 e. The van der Waals surface area contributed by atoms with E-state index in [1.54, 1.807) is 11.7 Å². The fourth-order valence-corrected chi connectivity index (χ4v) is 2.35. The molecule has 0 saturated carbocycles. The van der Waals surface area contributed by atoms with Crippen LogP contribution in [0.1, 0.15) is 45.7 Å². The summed E-state index contributed by atoms with van der Waals surface area (Å²) in [6.45, 7) is 8.99. The summed E-state index contributed by atoms with van der Waals surface area (Å²) in [4.78, 5) is 13.0. The number of hydrogen-bond acceptors (Lipinski definition) is 5. The summed E-state index contributed by atoms with van der Waals surface area (Å²) in [5.74, 6) is 0.801. The van der Waals surface area contributed by atoms with Gasteiger partial charge in [0.2, 0.25) is 5.82 Å². The van der Waals surface area contributed by atoms with E-state index >= 15 is 0 Å². The summed E-state index contributed by atoms with van der Waals surface area (Å²) in [6, 6.07) is 2.10. The van der Waals surface area contributed by atoms with Crippen LogP contribution in [-0.2, 0) is 7.05 Å². The van der Waals surface area contributed by atoms with Crippen LogP contribution < -0.4 is 4.90 Å². The van der Waals surface area contributed by atoms with Crippen molar-refractivity contribution in [3.63, 3.8) is 0 Å². The Kier molecular flexibility index (Phi) is 5.70. The molecule has 0 fully saturated rings. The van der Waals surface area contributed by atoms with E-state index in [9.17, 15) is 10.1 Å². The SMILES string of the molecule is CC(C)CN(CCC#N)c1c([N+](=O)[O-])c(C(C)C)nn1C. The van der Waals surface area contributed by atoms with Gasteiger partial charge >= 0.3 is 5.69 Å². The van der Waals surface area contributed by atoms with Gasteiger partial charge in [-0.2, -0.15) is 10.4 Å². The molecule has 0 atom stereocenters. The van der Waals surface area contributed by atoms with Crippen LogP contribution >= 0.6 is 0 Å². The van der Waals surface area contributed by atoms with Crippen LogP contribution in [0.5, 0.6) is 0 Å². The van der Waals surface area contributed by atoms with E-state index in [-0.39, 0.29) is 16.5 Å². The van der Waals surface area contributed by atoms with Gasteiger partial charge in [-0.05, 0) is 5.92 Å². The molecule has 0 bridgehead atoms. The molecule has 0 radical (unpaired) electrons. The zero-order valence-electron chi connectivity index (χ0n) is 13.3. The average Bonchev–Trinajstić information content (AvgIpc) is 2.72. The Bertz CT molecular complexity index is 542. The van der Waals surface area contributed by atoms with Crippen molar-refractivity contribution in [2.24, 2.45) is 13.0 Å². The molecule has 0 aromatic carbocycles. The van der Waals surface area contributed by atoms with Crippen molar-refractivity contribution >= 4 is 11.5 Å². The molecule has 7 heteroatoms. The third-order valence-electron chi connectivity index (χ3n) is 3.13. The maximum absolute atomic E-state index is 11.5. The summed E-state index contributed by atoms with van der Waals surface area (Å²) in [7, 11) is 1.72. The first-order valence-electron chi connectivity index (χ1n) is 7.12. The Hall–Kier alpha value is -2.10. The quantitative estimate of drug-likeness (QED) is 0.569. The number of nitrogens with zero attached hydrogens (tertiary/aromatic N) is 5. The summed E-state index contributed by atoms with van der Waals surface area (Å²) < 4.78 is 1.56. The molecule has 0 saturated heterocycles. The van der Waals surface area contributed by atoms with E-state index in [0.717, 1.165) is 0 Å². The highest BCUT2D eigenvalue weighted by Crippen LogP contribution is 2.35. The molecule has 0 amide bonds. The Balaban J connectivity index is 3.35. The minimum Gasteiger partial charge on any atom is -0.350 e. The fourth-order valence-electron chi connectivity index (χ4n) is 2.35. The number of nitriles is 1. The maximum atomic E-state index is 11.5. The van der Waals surface area contributed by atoms with E-state index in [2.05, 4.69) is 11.2 Å². The lowest BCUT2D eigenvalue weighted by atomic mass is 10.1. The number of anilines is 1. The van der Waals surface area contributed by atoms with Gasteiger partial charge in [0.1, 0.15) is 5.69 Å². The molecule has 116 valence electrons. The number of rotatable bonds is 7. The Morgan fingerprint density at radius 2 is 2.05 bits per heavy atom. The van der Waals surface area contributed by atoms with E-state index in [4.69, 9.17) is 5.26 Å². The molecule has 1 aromatic heterocycles. The number of aromatic nitrogens is 2. The highest BCUT2D eigenvalue weighted by Gasteiger charge is 2.31. The summed E-state index contributed by atoms with van der Waals surface area (Å²) in [6.07, 6.45) is 0.325. The lowest BCUT2D eigenvalue weighted by Gasteiger charge is -2.24. The normalized spacial score (nSPS) is 11.0. The third-order valence-corrected chi connectivity index (χ3v) is 3.13. The monoisotopic (exact) mass is 293 g/mol. The molecule has 1 heterocycles. The molecule has 21 heavy (non-hydrogen) atoms. The molecule has 0 unspecified atom stereocenters. The van der Waals surface area contributed by atoms with Crippen molar-refractivity contribution in [3.05, 3.63) is 15.8 Å². The first-order chi connectivity index (χ1) is 9.79. The predicted octanol–water partition coefficient (Wildman–Crippen LogP) is 2.83. The minimum absolute atomic E-state index is 0.0257. The van der Waals surface area contributed by atoms with Crippen LogP contribution in [-0.4, -0.2) is 27.8 Å². The highest BCUT2D eigenvalue weighted by atomic mass is 16.6. The van der Waals surface area contributed by atoms with Crippen molar-refractivity contribution in [3.8, 4) is 6.07 Å². The molecule has 7 nitrogen and oxygen atoms in total. The molecule has 0 N–H and O–H groups in total. The van der Waals surface area contributed by atoms with Gasteiger partial charge in [0.25, 0.3) is 0 Å². The van der Waals surface area contributed by atoms with Crippen LogP contribution in [0.3, 0.4) is 0 Å². The molecular formula is C14H23N5O2. The Morgan fingerprint density at radius 1 is 1.43 bits per heavy atom. The van der Waals surface area contributed by atoms with Gasteiger partial charge in [-0.1, -0.05) is 27.7 Å². The van der Waals surface area contributed by atoms with Crippen LogP contribution in [0.4, 0.5) is 11.5 Å². The van der Waals surface area contributed by atoms with Gasteiger partial charge in [0.15, 0.2) is 0 Å². The van der Waals surface area contributed by atoms with Crippen molar-refractivity contribution in [2.45, 2.75) is 40.0 Å². The molecule has 1 rings (SSSR count). The average molecular weight is 293 g/mol. The lowest BCUT2D eigenvalue weighted by molar-refractivity contribution is -0.385. The topological polar surface area (TPSA) is 88.0 Å². The summed E-state index contributed by atoms with van der Waals surface area (Å²) in [5.41, 5.74) is 0.550. The second-order valence-electron chi connectivity index (χ2n) is 5.84. The molecular weight excluding hydrogens is 270 g/mol. The van der Waals surface area contributed by atoms with Crippen LogP contribution in [0, 0.1) is 27.4 Å². The van der Waals surface area contributed by atoms with Crippen molar-refractivity contribution in [1.29, 1.82) is 5.26 Å². The van der Waals surface area contributed by atoms with Gasteiger partial charge in [0, 0.05) is 26.1 Å². The summed E-state index contributed by atoms with van der Waals surface area (Å²) >= 11 is 0. The smallest absolute Gasteiger partial charge is 0.334 e. The molecule has 0 aliphatic rings. The Labute approximate surface area is 125 Å². The van der Waals surface area contributed by atoms with Gasteiger partial charge in [-0.25, -0.2) is 4.68 Å². The van der Waals surface area contributed by atoms with Crippen LogP contribution in [0.15, 0.2) is 0 Å². The highest BCUT2D eigenvalue weighted by molar-refractivity contribution is 5.62. The molecule has 0 spiro atoms. The minimum atomic E-state index is -0.364. The van der Waals surface area contributed by atoms with Gasteiger partial charge < -0.3 is 4.90 Å². The molecule has 0 aliphatic heterocycles. The second kappa shape index (κ2) is 7.07. The number of hydrogen-bond donors (Lipinski definition) is 0. The van der Waals surface area contributed by atoms with E-state index in [1.165, 1.54) is 0 Å². The van der Waals surface area contributed by atoms with Gasteiger partial charge in [0.05, 0.1) is 17.4 Å². The zero-order chi connectivity index (χ0) is 16.2. The van der Waals surface area contributed by atoms with Crippen molar-refractivity contribution in [2.75, 3.05) is 18.0 Å². The van der Waals surface area contributed by atoms with E-state index < -0.39 is 0 Å². The number of aryl methyl sites for hydroxylation is 1. The predicted molar refractivity (Wildman–Crippen MR) is 81.2 cm³/mol.